The van der Waals surface area contributed by atoms with Crippen molar-refractivity contribution >= 4 is 0 Å². The van der Waals surface area contributed by atoms with Gasteiger partial charge in [-0.3, -0.25) is 0 Å². The Morgan fingerprint density at radius 3 is 1.83 bits per heavy atom. The summed E-state index contributed by atoms with van der Waals surface area (Å²) in [6.45, 7) is 13.5. The van der Waals surface area contributed by atoms with Gasteiger partial charge in [0.25, 0.3) is 0 Å². The van der Waals surface area contributed by atoms with Crippen molar-refractivity contribution in [3.63, 3.8) is 0 Å². The molecule has 0 aromatic heterocycles. The fourth-order valence-electron chi connectivity index (χ4n) is 2.78. The largest absolute Gasteiger partial charge is 0.372 e. The minimum atomic E-state index is 0.0818. The molecule has 0 aromatic carbocycles. The maximum absolute atomic E-state index is 6.03. The number of ether oxygens (including phenoxy) is 1. The van der Waals surface area contributed by atoms with E-state index < -0.39 is 0 Å². The van der Waals surface area contributed by atoms with Crippen molar-refractivity contribution in [2.75, 3.05) is 0 Å². The smallest absolute Gasteiger partial charge is 0.0657 e. The number of hydrogen-bond donors (Lipinski definition) is 0. The SMILES string of the molecule is CC(C)C1OC(C)(C)CC1(C)C. The molecule has 1 rings (SSSR count). The van der Waals surface area contributed by atoms with E-state index in [1.54, 1.807) is 0 Å². The van der Waals surface area contributed by atoms with Crippen LogP contribution in [0.3, 0.4) is 0 Å². The Balaban J connectivity index is 2.78. The lowest BCUT2D eigenvalue weighted by Gasteiger charge is -2.28. The number of rotatable bonds is 1. The molecule has 1 aliphatic rings. The van der Waals surface area contributed by atoms with E-state index in [1.807, 2.05) is 0 Å². The quantitative estimate of drug-likeness (QED) is 0.587. The highest BCUT2D eigenvalue weighted by atomic mass is 16.5. The van der Waals surface area contributed by atoms with Crippen molar-refractivity contribution in [3.8, 4) is 0 Å². The van der Waals surface area contributed by atoms with Crippen molar-refractivity contribution in [2.45, 2.75) is 59.7 Å². The summed E-state index contributed by atoms with van der Waals surface area (Å²) < 4.78 is 6.03. The van der Waals surface area contributed by atoms with Gasteiger partial charge in [0, 0.05) is 0 Å². The summed E-state index contributed by atoms with van der Waals surface area (Å²) in [6, 6.07) is 0. The van der Waals surface area contributed by atoms with Crippen molar-refractivity contribution in [1.82, 2.24) is 0 Å². The van der Waals surface area contributed by atoms with Gasteiger partial charge in [0.05, 0.1) is 11.7 Å². The summed E-state index contributed by atoms with van der Waals surface area (Å²) in [6.07, 6.45) is 1.59. The van der Waals surface area contributed by atoms with Gasteiger partial charge in [0.15, 0.2) is 0 Å². The lowest BCUT2D eigenvalue weighted by Crippen LogP contribution is -2.29. The molecule has 1 saturated heterocycles. The average molecular weight is 170 g/mol. The van der Waals surface area contributed by atoms with Gasteiger partial charge in [-0.25, -0.2) is 0 Å². The van der Waals surface area contributed by atoms with Crippen LogP contribution in [0.4, 0.5) is 0 Å². The standard InChI is InChI=1S/C11H22O/c1-8(2)9-10(3,4)7-11(5,6)12-9/h8-9H,7H2,1-6H3. The molecule has 1 fully saturated rings. The molecule has 0 N–H and O–H groups in total. The lowest BCUT2D eigenvalue weighted by atomic mass is 9.77. The Morgan fingerprint density at radius 1 is 1.17 bits per heavy atom. The first-order valence-electron chi connectivity index (χ1n) is 4.92. The normalized spacial score (nSPS) is 32.8. The van der Waals surface area contributed by atoms with Gasteiger partial charge in [0.2, 0.25) is 0 Å². The molecule has 1 aliphatic heterocycles. The molecule has 72 valence electrons. The Hall–Kier alpha value is -0.0400. The molecule has 1 nitrogen and oxygen atoms in total. The third-order valence-electron chi connectivity index (χ3n) is 2.70. The van der Waals surface area contributed by atoms with E-state index in [0.29, 0.717) is 17.4 Å². The maximum atomic E-state index is 6.03. The van der Waals surface area contributed by atoms with Crippen LogP contribution in [0.15, 0.2) is 0 Å². The molecule has 0 bridgehead atoms. The van der Waals surface area contributed by atoms with Crippen LogP contribution in [0.2, 0.25) is 0 Å². The highest BCUT2D eigenvalue weighted by Gasteiger charge is 2.46. The maximum Gasteiger partial charge on any atom is 0.0657 e. The Labute approximate surface area is 76.5 Å². The first-order chi connectivity index (χ1) is 5.25. The van der Waals surface area contributed by atoms with Crippen LogP contribution in [0.5, 0.6) is 0 Å². The second-order valence-electron chi connectivity index (χ2n) is 5.71. The fraction of sp³-hybridized carbons (Fsp3) is 1.00. The molecule has 12 heavy (non-hydrogen) atoms. The van der Waals surface area contributed by atoms with Crippen LogP contribution >= 0.6 is 0 Å². The Morgan fingerprint density at radius 2 is 1.67 bits per heavy atom. The average Bonchev–Trinajstić information content (AvgIpc) is 1.99. The van der Waals surface area contributed by atoms with E-state index in [2.05, 4.69) is 41.5 Å². The van der Waals surface area contributed by atoms with E-state index in [0.717, 1.165) is 0 Å². The molecular formula is C11H22O. The van der Waals surface area contributed by atoms with Crippen LogP contribution in [-0.4, -0.2) is 11.7 Å². The predicted molar refractivity (Wildman–Crippen MR) is 52.2 cm³/mol. The zero-order chi connectivity index (χ0) is 9.57. The van der Waals surface area contributed by atoms with Gasteiger partial charge < -0.3 is 4.74 Å². The van der Waals surface area contributed by atoms with Gasteiger partial charge in [-0.05, 0) is 31.6 Å². The summed E-state index contributed by atoms with van der Waals surface area (Å²) in [5, 5.41) is 0. The molecule has 1 heteroatoms. The molecular weight excluding hydrogens is 148 g/mol. The van der Waals surface area contributed by atoms with Crippen molar-refractivity contribution in [1.29, 1.82) is 0 Å². The van der Waals surface area contributed by atoms with E-state index in [1.165, 1.54) is 6.42 Å². The molecule has 0 radical (unpaired) electrons. The third kappa shape index (κ3) is 1.82. The van der Waals surface area contributed by atoms with E-state index >= 15 is 0 Å². The van der Waals surface area contributed by atoms with Crippen molar-refractivity contribution in [3.05, 3.63) is 0 Å². The summed E-state index contributed by atoms with van der Waals surface area (Å²) in [5.74, 6) is 0.627. The molecule has 1 atom stereocenters. The zero-order valence-electron chi connectivity index (χ0n) is 9.27. The predicted octanol–water partition coefficient (Wildman–Crippen LogP) is 3.24. The van der Waals surface area contributed by atoms with E-state index in [9.17, 15) is 0 Å². The summed E-state index contributed by atoms with van der Waals surface area (Å²) in [4.78, 5) is 0. The summed E-state index contributed by atoms with van der Waals surface area (Å²) in [5.41, 5.74) is 0.427. The van der Waals surface area contributed by atoms with E-state index in [4.69, 9.17) is 4.74 Å². The molecule has 0 spiro atoms. The molecule has 0 amide bonds. The van der Waals surface area contributed by atoms with Crippen molar-refractivity contribution < 1.29 is 4.74 Å². The van der Waals surface area contributed by atoms with Gasteiger partial charge in [0.1, 0.15) is 0 Å². The topological polar surface area (TPSA) is 9.23 Å². The highest BCUT2D eigenvalue weighted by Crippen LogP contribution is 2.46. The van der Waals surface area contributed by atoms with Crippen LogP contribution in [0.25, 0.3) is 0 Å². The van der Waals surface area contributed by atoms with Crippen LogP contribution in [-0.2, 0) is 4.74 Å². The van der Waals surface area contributed by atoms with Crippen molar-refractivity contribution in [2.24, 2.45) is 11.3 Å². The molecule has 0 aliphatic carbocycles. The van der Waals surface area contributed by atoms with Gasteiger partial charge in [-0.15, -0.1) is 0 Å². The second-order valence-corrected chi connectivity index (χ2v) is 5.71. The first-order valence-corrected chi connectivity index (χ1v) is 4.92. The third-order valence-corrected chi connectivity index (χ3v) is 2.70. The minimum Gasteiger partial charge on any atom is -0.372 e. The van der Waals surface area contributed by atoms with Crippen LogP contribution in [0.1, 0.15) is 48.0 Å². The monoisotopic (exact) mass is 170 g/mol. The molecule has 1 heterocycles. The first kappa shape index (κ1) is 10.0. The summed E-state index contributed by atoms with van der Waals surface area (Å²) in [7, 11) is 0. The van der Waals surface area contributed by atoms with E-state index in [-0.39, 0.29) is 5.60 Å². The van der Waals surface area contributed by atoms with Gasteiger partial charge >= 0.3 is 0 Å². The van der Waals surface area contributed by atoms with Crippen LogP contribution < -0.4 is 0 Å². The number of hydrogen-bond acceptors (Lipinski definition) is 1. The Kier molecular flexibility index (Phi) is 2.28. The zero-order valence-corrected chi connectivity index (χ0v) is 9.27. The van der Waals surface area contributed by atoms with Crippen LogP contribution in [0, 0.1) is 11.3 Å². The Bertz CT molecular complexity index is 168. The molecule has 0 aromatic rings. The van der Waals surface area contributed by atoms with Gasteiger partial charge in [-0.1, -0.05) is 27.7 Å². The minimum absolute atomic E-state index is 0.0818. The molecule has 0 saturated carbocycles. The second kappa shape index (κ2) is 2.73. The molecule has 1 unspecified atom stereocenters. The van der Waals surface area contributed by atoms with Gasteiger partial charge in [-0.2, -0.15) is 0 Å². The lowest BCUT2D eigenvalue weighted by molar-refractivity contribution is -0.0506. The highest BCUT2D eigenvalue weighted by molar-refractivity contribution is 4.95. The fourth-order valence-corrected chi connectivity index (χ4v) is 2.78. The summed E-state index contributed by atoms with van der Waals surface area (Å²) >= 11 is 0.